The molecule has 4 nitrogen and oxygen atoms in total. The van der Waals surface area contributed by atoms with E-state index in [0.29, 0.717) is 24.9 Å². The van der Waals surface area contributed by atoms with Crippen LogP contribution in [0.3, 0.4) is 0 Å². The minimum atomic E-state index is -0.346. The first-order valence-electron chi connectivity index (χ1n) is 6.70. The van der Waals surface area contributed by atoms with Crippen molar-refractivity contribution in [3.05, 3.63) is 0 Å². The van der Waals surface area contributed by atoms with E-state index >= 15 is 0 Å². The lowest BCUT2D eigenvalue weighted by molar-refractivity contribution is -0.135. The number of β-amino-alcohol motifs (C(OH)–C–C–N with tert-alkyl or cyclic N) is 1. The van der Waals surface area contributed by atoms with Crippen LogP contribution in [-0.4, -0.2) is 47.7 Å². The van der Waals surface area contributed by atoms with Crippen LogP contribution in [0.5, 0.6) is 0 Å². The van der Waals surface area contributed by atoms with Crippen LogP contribution in [0, 0.1) is 5.92 Å². The van der Waals surface area contributed by atoms with Crippen LogP contribution >= 0.6 is 0 Å². The molecule has 0 aromatic carbocycles. The molecular weight excluding hydrogens is 216 g/mol. The maximum Gasteiger partial charge on any atom is 0.222 e. The van der Waals surface area contributed by atoms with Crippen molar-refractivity contribution in [2.24, 2.45) is 5.92 Å². The third-order valence-corrected chi connectivity index (χ3v) is 3.39. The number of carbonyl (C=O) groups is 1. The van der Waals surface area contributed by atoms with Crippen molar-refractivity contribution >= 4 is 5.91 Å². The SMILES string of the molecule is CC(C)NCCCC(=O)N1CCC(C)C(O)C1. The summed E-state index contributed by atoms with van der Waals surface area (Å²) in [6.07, 6.45) is 2.03. The number of piperidine rings is 1. The highest BCUT2D eigenvalue weighted by atomic mass is 16.3. The van der Waals surface area contributed by atoms with E-state index in [0.717, 1.165) is 25.9 Å². The largest absolute Gasteiger partial charge is 0.391 e. The summed E-state index contributed by atoms with van der Waals surface area (Å²) in [6.45, 7) is 8.44. The number of hydrogen-bond donors (Lipinski definition) is 2. The molecule has 1 heterocycles. The van der Waals surface area contributed by atoms with Gasteiger partial charge >= 0.3 is 0 Å². The van der Waals surface area contributed by atoms with Crippen LogP contribution in [0.1, 0.15) is 40.0 Å². The highest BCUT2D eigenvalue weighted by Crippen LogP contribution is 2.17. The fraction of sp³-hybridized carbons (Fsp3) is 0.923. The molecule has 1 rings (SSSR count). The lowest BCUT2D eigenvalue weighted by Gasteiger charge is -2.34. The smallest absolute Gasteiger partial charge is 0.222 e. The highest BCUT2D eigenvalue weighted by Gasteiger charge is 2.26. The van der Waals surface area contributed by atoms with Crippen molar-refractivity contribution in [3.63, 3.8) is 0 Å². The molecule has 2 N–H and O–H groups in total. The minimum Gasteiger partial charge on any atom is -0.391 e. The van der Waals surface area contributed by atoms with Gasteiger partial charge < -0.3 is 15.3 Å². The van der Waals surface area contributed by atoms with E-state index in [2.05, 4.69) is 19.2 Å². The number of likely N-dealkylation sites (tertiary alicyclic amines) is 1. The van der Waals surface area contributed by atoms with Gasteiger partial charge in [-0.2, -0.15) is 0 Å². The van der Waals surface area contributed by atoms with Crippen LogP contribution in [0.25, 0.3) is 0 Å². The molecule has 4 heteroatoms. The van der Waals surface area contributed by atoms with Gasteiger partial charge in [0.25, 0.3) is 0 Å². The zero-order chi connectivity index (χ0) is 12.8. The van der Waals surface area contributed by atoms with Gasteiger partial charge in [0.15, 0.2) is 0 Å². The Morgan fingerprint density at radius 2 is 2.24 bits per heavy atom. The third kappa shape index (κ3) is 5.04. The Kier molecular flexibility index (Phi) is 5.92. The number of aliphatic hydroxyl groups is 1. The van der Waals surface area contributed by atoms with Gasteiger partial charge in [-0.15, -0.1) is 0 Å². The molecule has 100 valence electrons. The number of amides is 1. The molecule has 0 radical (unpaired) electrons. The summed E-state index contributed by atoms with van der Waals surface area (Å²) in [4.78, 5) is 13.7. The molecule has 2 atom stereocenters. The van der Waals surface area contributed by atoms with Crippen LogP contribution in [0.2, 0.25) is 0 Å². The number of nitrogens with zero attached hydrogens (tertiary/aromatic N) is 1. The summed E-state index contributed by atoms with van der Waals surface area (Å²) in [5.74, 6) is 0.503. The summed E-state index contributed by atoms with van der Waals surface area (Å²) in [5.41, 5.74) is 0. The summed E-state index contributed by atoms with van der Waals surface area (Å²) < 4.78 is 0. The third-order valence-electron chi connectivity index (χ3n) is 3.39. The maximum absolute atomic E-state index is 11.9. The van der Waals surface area contributed by atoms with Crippen molar-refractivity contribution in [2.45, 2.75) is 52.2 Å². The molecule has 0 bridgehead atoms. The van der Waals surface area contributed by atoms with Crippen LogP contribution in [0.15, 0.2) is 0 Å². The Hall–Kier alpha value is -0.610. The van der Waals surface area contributed by atoms with E-state index in [9.17, 15) is 9.90 Å². The van der Waals surface area contributed by atoms with Crippen molar-refractivity contribution < 1.29 is 9.90 Å². The molecule has 17 heavy (non-hydrogen) atoms. The van der Waals surface area contributed by atoms with Crippen LogP contribution in [-0.2, 0) is 4.79 Å². The van der Waals surface area contributed by atoms with E-state index in [1.807, 2.05) is 6.92 Å². The Balaban J connectivity index is 2.19. The Bertz CT molecular complexity index is 244. The highest BCUT2D eigenvalue weighted by molar-refractivity contribution is 5.76. The Morgan fingerprint density at radius 1 is 1.53 bits per heavy atom. The van der Waals surface area contributed by atoms with Crippen molar-refractivity contribution in [3.8, 4) is 0 Å². The average Bonchev–Trinajstić information content (AvgIpc) is 2.27. The van der Waals surface area contributed by atoms with E-state index in [4.69, 9.17) is 0 Å². The topological polar surface area (TPSA) is 52.6 Å². The molecule has 0 spiro atoms. The standard InChI is InChI=1S/C13H26N2O2/c1-10(2)14-7-4-5-13(17)15-8-6-11(3)12(16)9-15/h10-12,14,16H,4-9H2,1-3H3. The zero-order valence-electron chi connectivity index (χ0n) is 11.3. The average molecular weight is 242 g/mol. The summed E-state index contributed by atoms with van der Waals surface area (Å²) in [7, 11) is 0. The quantitative estimate of drug-likeness (QED) is 0.707. The predicted octanol–water partition coefficient (Wildman–Crippen LogP) is 0.994. The zero-order valence-corrected chi connectivity index (χ0v) is 11.3. The first-order valence-corrected chi connectivity index (χ1v) is 6.70. The molecule has 0 aliphatic carbocycles. The van der Waals surface area contributed by atoms with Gasteiger partial charge in [0.1, 0.15) is 0 Å². The summed E-state index contributed by atoms with van der Waals surface area (Å²) in [5, 5.41) is 13.0. The lowest BCUT2D eigenvalue weighted by Crippen LogP contribution is -2.45. The molecule has 1 saturated heterocycles. The lowest BCUT2D eigenvalue weighted by atomic mass is 9.96. The second-order valence-electron chi connectivity index (χ2n) is 5.39. The van der Waals surface area contributed by atoms with Crippen LogP contribution < -0.4 is 5.32 Å². The first kappa shape index (κ1) is 14.5. The number of nitrogens with one attached hydrogen (secondary N) is 1. The van der Waals surface area contributed by atoms with Gasteiger partial charge in [-0.1, -0.05) is 20.8 Å². The monoisotopic (exact) mass is 242 g/mol. The number of carbonyl (C=O) groups excluding carboxylic acids is 1. The Labute approximate surface area is 104 Å². The molecule has 0 saturated carbocycles. The second-order valence-corrected chi connectivity index (χ2v) is 5.39. The maximum atomic E-state index is 11.9. The van der Waals surface area contributed by atoms with Crippen molar-refractivity contribution in [2.75, 3.05) is 19.6 Å². The predicted molar refractivity (Wildman–Crippen MR) is 68.7 cm³/mol. The summed E-state index contributed by atoms with van der Waals surface area (Å²) in [6, 6.07) is 0.475. The van der Waals surface area contributed by atoms with Crippen LogP contribution in [0.4, 0.5) is 0 Å². The first-order chi connectivity index (χ1) is 8.00. The normalized spacial score (nSPS) is 25.4. The molecule has 1 aliphatic heterocycles. The molecule has 2 unspecified atom stereocenters. The fourth-order valence-corrected chi connectivity index (χ4v) is 2.06. The number of rotatable bonds is 5. The van der Waals surface area contributed by atoms with Gasteiger partial charge in [-0.3, -0.25) is 4.79 Å². The van der Waals surface area contributed by atoms with E-state index in [1.165, 1.54) is 0 Å². The second kappa shape index (κ2) is 6.97. The Morgan fingerprint density at radius 3 is 2.82 bits per heavy atom. The van der Waals surface area contributed by atoms with Gasteiger partial charge in [0.2, 0.25) is 5.91 Å². The molecular formula is C13H26N2O2. The van der Waals surface area contributed by atoms with Gasteiger partial charge in [-0.25, -0.2) is 0 Å². The molecule has 1 fully saturated rings. The minimum absolute atomic E-state index is 0.182. The summed E-state index contributed by atoms with van der Waals surface area (Å²) >= 11 is 0. The molecule has 0 aromatic heterocycles. The molecule has 0 aromatic rings. The van der Waals surface area contributed by atoms with Gasteiger partial charge in [0.05, 0.1) is 6.10 Å². The van der Waals surface area contributed by atoms with Gasteiger partial charge in [-0.05, 0) is 25.3 Å². The van der Waals surface area contributed by atoms with Crippen molar-refractivity contribution in [1.29, 1.82) is 0 Å². The molecule has 1 aliphatic rings. The fourth-order valence-electron chi connectivity index (χ4n) is 2.06. The van der Waals surface area contributed by atoms with E-state index < -0.39 is 0 Å². The van der Waals surface area contributed by atoms with E-state index in [-0.39, 0.29) is 12.0 Å². The van der Waals surface area contributed by atoms with Crippen molar-refractivity contribution in [1.82, 2.24) is 10.2 Å². The van der Waals surface area contributed by atoms with Gasteiger partial charge in [0, 0.05) is 25.6 Å². The number of hydrogen-bond acceptors (Lipinski definition) is 3. The molecule has 1 amide bonds. The van der Waals surface area contributed by atoms with E-state index in [1.54, 1.807) is 4.90 Å². The number of aliphatic hydroxyl groups excluding tert-OH is 1.